The predicted molar refractivity (Wildman–Crippen MR) is 102 cm³/mol. The van der Waals surface area contributed by atoms with Gasteiger partial charge in [-0.3, -0.25) is 4.99 Å². The van der Waals surface area contributed by atoms with Crippen LogP contribution in [0.3, 0.4) is 0 Å². The Kier molecular flexibility index (Phi) is 7.71. The largest absolute Gasteiger partial charge is 0.382 e. The van der Waals surface area contributed by atoms with Gasteiger partial charge in [0.15, 0.2) is 5.96 Å². The van der Waals surface area contributed by atoms with Crippen LogP contribution < -0.4 is 10.6 Å². The molecule has 5 nitrogen and oxygen atoms in total. The lowest BCUT2D eigenvalue weighted by molar-refractivity contribution is 0.145. The molecule has 24 heavy (non-hydrogen) atoms. The first kappa shape index (κ1) is 18.4. The van der Waals surface area contributed by atoms with Crippen molar-refractivity contribution >= 4 is 17.3 Å². The molecule has 2 aromatic rings. The molecular weight excluding hydrogens is 320 g/mol. The number of nitrogens with zero attached hydrogens (tertiary/aromatic N) is 2. The Labute approximate surface area is 148 Å². The second-order valence-electron chi connectivity index (χ2n) is 5.30. The number of aromatic nitrogens is 1. The number of benzene rings is 1. The number of hydrogen-bond donors (Lipinski definition) is 2. The van der Waals surface area contributed by atoms with Gasteiger partial charge in [-0.25, -0.2) is 4.98 Å². The molecule has 0 radical (unpaired) electrons. The van der Waals surface area contributed by atoms with Crippen molar-refractivity contribution < 1.29 is 4.74 Å². The maximum absolute atomic E-state index is 5.33. The molecule has 2 rings (SSSR count). The predicted octanol–water partition coefficient (Wildman–Crippen LogP) is 3.21. The summed E-state index contributed by atoms with van der Waals surface area (Å²) in [5, 5.41) is 7.71. The van der Waals surface area contributed by atoms with E-state index in [1.165, 1.54) is 4.88 Å². The summed E-state index contributed by atoms with van der Waals surface area (Å²) >= 11 is 1.72. The molecule has 6 heteroatoms. The number of guanidine groups is 1. The Balaban J connectivity index is 1.86. The van der Waals surface area contributed by atoms with Gasteiger partial charge in [0.25, 0.3) is 0 Å². The van der Waals surface area contributed by atoms with Crippen molar-refractivity contribution in [1.82, 2.24) is 15.6 Å². The molecule has 1 aromatic carbocycles. The lowest BCUT2D eigenvalue weighted by Crippen LogP contribution is -2.37. The van der Waals surface area contributed by atoms with E-state index in [0.29, 0.717) is 0 Å². The second-order valence-corrected chi connectivity index (χ2v) is 6.38. The highest BCUT2D eigenvalue weighted by Crippen LogP contribution is 2.27. The molecule has 0 unspecified atom stereocenters. The molecule has 1 aromatic heterocycles. The van der Waals surface area contributed by atoms with Gasteiger partial charge in [0, 0.05) is 37.2 Å². The van der Waals surface area contributed by atoms with Gasteiger partial charge in [-0.2, -0.15) is 0 Å². The molecule has 0 bridgehead atoms. The van der Waals surface area contributed by atoms with Crippen molar-refractivity contribution in [2.45, 2.75) is 26.8 Å². The van der Waals surface area contributed by atoms with Crippen molar-refractivity contribution in [2.24, 2.45) is 4.99 Å². The molecule has 1 heterocycles. The van der Waals surface area contributed by atoms with Crippen LogP contribution in [0.25, 0.3) is 10.6 Å². The molecule has 0 spiro atoms. The first-order valence-corrected chi connectivity index (χ1v) is 9.10. The topological polar surface area (TPSA) is 58.5 Å². The van der Waals surface area contributed by atoms with Crippen LogP contribution in [0.1, 0.15) is 23.9 Å². The number of hydrogen-bond acceptors (Lipinski definition) is 4. The summed E-state index contributed by atoms with van der Waals surface area (Å²) in [6.07, 6.45) is 0.965. The quantitative estimate of drug-likeness (QED) is 0.438. The van der Waals surface area contributed by atoms with E-state index in [1.54, 1.807) is 18.4 Å². The van der Waals surface area contributed by atoms with Gasteiger partial charge < -0.3 is 15.4 Å². The first-order chi connectivity index (χ1) is 11.7. The maximum atomic E-state index is 5.33. The van der Waals surface area contributed by atoms with E-state index in [0.717, 1.165) is 54.9 Å². The van der Waals surface area contributed by atoms with Crippen LogP contribution in [0.2, 0.25) is 0 Å². The van der Waals surface area contributed by atoms with Gasteiger partial charge in [-0.1, -0.05) is 30.3 Å². The summed E-state index contributed by atoms with van der Waals surface area (Å²) < 4.78 is 5.33. The summed E-state index contributed by atoms with van der Waals surface area (Å²) in [5.74, 6) is 0.806. The van der Waals surface area contributed by atoms with E-state index in [9.17, 15) is 0 Å². The van der Waals surface area contributed by atoms with E-state index < -0.39 is 0 Å². The summed E-state index contributed by atoms with van der Waals surface area (Å²) in [7, 11) is 1.78. The summed E-state index contributed by atoms with van der Waals surface area (Å²) in [6, 6.07) is 10.3. The fraction of sp³-hybridized carbons (Fsp3) is 0.444. The molecule has 0 saturated carbocycles. The van der Waals surface area contributed by atoms with Crippen LogP contribution in [-0.4, -0.2) is 37.7 Å². The Morgan fingerprint density at radius 2 is 2.04 bits per heavy atom. The molecule has 0 saturated heterocycles. The van der Waals surface area contributed by atoms with Crippen LogP contribution in [0.15, 0.2) is 35.3 Å². The summed E-state index contributed by atoms with van der Waals surface area (Å²) in [5.41, 5.74) is 2.23. The SMILES string of the molecule is CCOCCCNC(=NC)NCc1sc(-c2ccccc2)nc1C. The van der Waals surface area contributed by atoms with Crippen molar-refractivity contribution in [1.29, 1.82) is 0 Å². The summed E-state index contributed by atoms with van der Waals surface area (Å²) in [4.78, 5) is 10.2. The minimum atomic E-state index is 0.724. The zero-order chi connectivity index (χ0) is 17.2. The average molecular weight is 347 g/mol. The Morgan fingerprint density at radius 1 is 1.25 bits per heavy atom. The first-order valence-electron chi connectivity index (χ1n) is 8.28. The molecule has 0 aliphatic rings. The number of thiazole rings is 1. The highest BCUT2D eigenvalue weighted by molar-refractivity contribution is 7.15. The number of nitrogens with one attached hydrogen (secondary N) is 2. The van der Waals surface area contributed by atoms with Gasteiger partial charge in [-0.05, 0) is 20.3 Å². The van der Waals surface area contributed by atoms with E-state index in [4.69, 9.17) is 4.74 Å². The van der Waals surface area contributed by atoms with Crippen LogP contribution in [0.5, 0.6) is 0 Å². The number of aryl methyl sites for hydroxylation is 1. The molecule has 0 aliphatic carbocycles. The zero-order valence-corrected chi connectivity index (χ0v) is 15.4. The smallest absolute Gasteiger partial charge is 0.191 e. The highest BCUT2D eigenvalue weighted by atomic mass is 32.1. The van der Waals surface area contributed by atoms with Gasteiger partial charge in [0.1, 0.15) is 5.01 Å². The monoisotopic (exact) mass is 346 g/mol. The van der Waals surface area contributed by atoms with Crippen LogP contribution in [0.4, 0.5) is 0 Å². The molecule has 0 aliphatic heterocycles. The fourth-order valence-electron chi connectivity index (χ4n) is 2.21. The van der Waals surface area contributed by atoms with Crippen LogP contribution in [0, 0.1) is 6.92 Å². The van der Waals surface area contributed by atoms with E-state index >= 15 is 0 Å². The van der Waals surface area contributed by atoms with Gasteiger partial charge in [0.05, 0.1) is 12.2 Å². The van der Waals surface area contributed by atoms with E-state index in [2.05, 4.69) is 39.7 Å². The van der Waals surface area contributed by atoms with Crippen molar-refractivity contribution in [3.05, 3.63) is 40.9 Å². The fourth-order valence-corrected chi connectivity index (χ4v) is 3.21. The Hall–Kier alpha value is -1.92. The molecule has 130 valence electrons. The third-order valence-electron chi connectivity index (χ3n) is 3.52. The lowest BCUT2D eigenvalue weighted by Gasteiger charge is -2.11. The molecule has 0 amide bonds. The molecule has 2 N–H and O–H groups in total. The van der Waals surface area contributed by atoms with Crippen LogP contribution in [-0.2, 0) is 11.3 Å². The number of rotatable bonds is 8. The normalized spacial score (nSPS) is 11.5. The summed E-state index contributed by atoms with van der Waals surface area (Å²) in [6.45, 7) is 7.17. The highest BCUT2D eigenvalue weighted by Gasteiger charge is 2.09. The Morgan fingerprint density at radius 3 is 2.75 bits per heavy atom. The van der Waals surface area contributed by atoms with E-state index in [-0.39, 0.29) is 0 Å². The minimum absolute atomic E-state index is 0.724. The average Bonchev–Trinajstić information content (AvgIpc) is 2.99. The van der Waals surface area contributed by atoms with E-state index in [1.807, 2.05) is 25.1 Å². The van der Waals surface area contributed by atoms with Crippen molar-refractivity contribution in [3.63, 3.8) is 0 Å². The second kappa shape index (κ2) is 10.1. The molecule has 0 fully saturated rings. The molecular formula is C18H26N4OS. The van der Waals surface area contributed by atoms with Gasteiger partial charge in [-0.15, -0.1) is 11.3 Å². The zero-order valence-electron chi connectivity index (χ0n) is 14.6. The standard InChI is InChI=1S/C18H26N4OS/c1-4-23-12-8-11-20-18(19-3)21-13-16-14(2)22-17(24-16)15-9-6-5-7-10-15/h5-7,9-10H,4,8,11-13H2,1-3H3,(H2,19,20,21). The van der Waals surface area contributed by atoms with Gasteiger partial charge >= 0.3 is 0 Å². The number of ether oxygens (including phenoxy) is 1. The Bertz CT molecular complexity index is 640. The number of aliphatic imine (C=N–C) groups is 1. The van der Waals surface area contributed by atoms with Gasteiger partial charge in [0.2, 0.25) is 0 Å². The lowest BCUT2D eigenvalue weighted by atomic mass is 10.2. The van der Waals surface area contributed by atoms with Crippen molar-refractivity contribution in [2.75, 3.05) is 26.8 Å². The third kappa shape index (κ3) is 5.62. The third-order valence-corrected chi connectivity index (χ3v) is 4.72. The van der Waals surface area contributed by atoms with Crippen LogP contribution >= 0.6 is 11.3 Å². The van der Waals surface area contributed by atoms with Crippen molar-refractivity contribution in [3.8, 4) is 10.6 Å². The molecule has 0 atom stereocenters. The minimum Gasteiger partial charge on any atom is -0.382 e. The maximum Gasteiger partial charge on any atom is 0.191 e.